The van der Waals surface area contributed by atoms with Crippen LogP contribution in [-0.4, -0.2) is 27.2 Å². The Morgan fingerprint density at radius 2 is 2.00 bits per heavy atom. The van der Waals surface area contributed by atoms with E-state index in [0.717, 1.165) is 38.5 Å². The van der Waals surface area contributed by atoms with Gasteiger partial charge in [-0.2, -0.15) is 0 Å². The summed E-state index contributed by atoms with van der Waals surface area (Å²) in [5, 5.41) is 24.5. The average Bonchev–Trinajstić information content (AvgIpc) is 2.62. The Hall–Kier alpha value is -1.69. The normalized spacial score (nSPS) is 18.3. The number of hydrogen-bond acceptors (Lipinski definition) is 5. The number of rotatable bonds is 4. The standard InChI is InChI=1S/C14H21N3O3/c1-11-6-7-12(17(19)20)13(16-11)15-10-14(18)8-4-2-3-5-9-14/h6-7,18H,2-5,8-10H2,1H3,(H,15,16). The third-order valence-corrected chi connectivity index (χ3v) is 3.83. The summed E-state index contributed by atoms with van der Waals surface area (Å²) in [5.74, 6) is 0.243. The molecule has 6 heteroatoms. The van der Waals surface area contributed by atoms with Crippen LogP contribution in [0, 0.1) is 17.0 Å². The summed E-state index contributed by atoms with van der Waals surface area (Å²) in [7, 11) is 0. The molecule has 0 bridgehead atoms. The van der Waals surface area contributed by atoms with Crippen molar-refractivity contribution in [2.24, 2.45) is 0 Å². The van der Waals surface area contributed by atoms with Crippen LogP contribution in [0.2, 0.25) is 0 Å². The van der Waals surface area contributed by atoms with Crippen LogP contribution in [0.3, 0.4) is 0 Å². The molecule has 1 aromatic heterocycles. The molecule has 0 unspecified atom stereocenters. The van der Waals surface area contributed by atoms with Crippen molar-refractivity contribution in [3.8, 4) is 0 Å². The molecule has 0 amide bonds. The summed E-state index contributed by atoms with van der Waals surface area (Å²) in [6.07, 6.45) is 5.76. The maximum Gasteiger partial charge on any atom is 0.311 e. The molecule has 2 N–H and O–H groups in total. The summed E-state index contributed by atoms with van der Waals surface area (Å²) in [4.78, 5) is 14.7. The second-order valence-electron chi connectivity index (χ2n) is 5.57. The number of aryl methyl sites for hydroxylation is 1. The molecular formula is C14H21N3O3. The Labute approximate surface area is 118 Å². The molecule has 1 saturated carbocycles. The lowest BCUT2D eigenvalue weighted by atomic mass is 9.94. The largest absolute Gasteiger partial charge is 0.388 e. The topological polar surface area (TPSA) is 88.3 Å². The fourth-order valence-corrected chi connectivity index (χ4v) is 2.64. The number of nitrogens with zero attached hydrogens (tertiary/aromatic N) is 2. The highest BCUT2D eigenvalue weighted by molar-refractivity contribution is 5.56. The second-order valence-corrected chi connectivity index (χ2v) is 5.57. The molecular weight excluding hydrogens is 258 g/mol. The lowest BCUT2D eigenvalue weighted by Crippen LogP contribution is -2.36. The molecule has 0 spiro atoms. The Kier molecular flexibility index (Phi) is 4.54. The van der Waals surface area contributed by atoms with Crippen molar-refractivity contribution in [2.75, 3.05) is 11.9 Å². The molecule has 2 rings (SSSR count). The van der Waals surface area contributed by atoms with Crippen LogP contribution in [0.4, 0.5) is 11.5 Å². The van der Waals surface area contributed by atoms with Crippen molar-refractivity contribution in [1.82, 2.24) is 4.98 Å². The number of nitrogens with one attached hydrogen (secondary N) is 1. The number of hydrogen-bond donors (Lipinski definition) is 2. The van der Waals surface area contributed by atoms with Gasteiger partial charge in [0.05, 0.1) is 10.5 Å². The molecule has 0 radical (unpaired) electrons. The van der Waals surface area contributed by atoms with Crippen LogP contribution >= 0.6 is 0 Å². The Balaban J connectivity index is 2.09. The third kappa shape index (κ3) is 3.66. The predicted octanol–water partition coefficient (Wildman–Crippen LogP) is 2.80. The number of nitro groups is 1. The third-order valence-electron chi connectivity index (χ3n) is 3.83. The van der Waals surface area contributed by atoms with Crippen LogP contribution in [0.15, 0.2) is 12.1 Å². The quantitative estimate of drug-likeness (QED) is 0.502. The van der Waals surface area contributed by atoms with E-state index in [1.165, 1.54) is 6.07 Å². The first kappa shape index (κ1) is 14.7. The zero-order chi connectivity index (χ0) is 14.6. The first-order valence-electron chi connectivity index (χ1n) is 7.08. The highest BCUT2D eigenvalue weighted by Crippen LogP contribution is 2.29. The first-order chi connectivity index (χ1) is 9.50. The van der Waals surface area contributed by atoms with Gasteiger partial charge >= 0.3 is 5.69 Å². The number of anilines is 1. The minimum absolute atomic E-state index is 0.0483. The van der Waals surface area contributed by atoms with Crippen LogP contribution in [0.25, 0.3) is 0 Å². The van der Waals surface area contributed by atoms with E-state index in [0.29, 0.717) is 12.2 Å². The lowest BCUT2D eigenvalue weighted by molar-refractivity contribution is -0.384. The summed E-state index contributed by atoms with van der Waals surface area (Å²) in [6.45, 7) is 2.10. The summed E-state index contributed by atoms with van der Waals surface area (Å²) in [5.41, 5.74) is -0.116. The SMILES string of the molecule is Cc1ccc([N+](=O)[O-])c(NCC2(O)CCCCCC2)n1. The van der Waals surface area contributed by atoms with Gasteiger partial charge in [-0.15, -0.1) is 0 Å². The van der Waals surface area contributed by atoms with Crippen molar-refractivity contribution in [3.05, 3.63) is 27.9 Å². The fraction of sp³-hybridized carbons (Fsp3) is 0.643. The van der Waals surface area contributed by atoms with Gasteiger partial charge in [0.1, 0.15) is 0 Å². The van der Waals surface area contributed by atoms with E-state index in [1.807, 2.05) is 0 Å². The van der Waals surface area contributed by atoms with Crippen molar-refractivity contribution in [3.63, 3.8) is 0 Å². The maximum absolute atomic E-state index is 11.0. The second kappa shape index (κ2) is 6.17. The van der Waals surface area contributed by atoms with Gasteiger partial charge in [-0.05, 0) is 25.8 Å². The molecule has 20 heavy (non-hydrogen) atoms. The van der Waals surface area contributed by atoms with E-state index < -0.39 is 10.5 Å². The van der Waals surface area contributed by atoms with Crippen molar-refractivity contribution in [2.45, 2.75) is 51.0 Å². The summed E-state index contributed by atoms with van der Waals surface area (Å²) >= 11 is 0. The van der Waals surface area contributed by atoms with Crippen molar-refractivity contribution < 1.29 is 10.0 Å². The van der Waals surface area contributed by atoms with Gasteiger partial charge in [-0.1, -0.05) is 25.7 Å². The number of aromatic nitrogens is 1. The van der Waals surface area contributed by atoms with Gasteiger partial charge in [0.25, 0.3) is 0 Å². The molecule has 0 aliphatic heterocycles. The smallest absolute Gasteiger partial charge is 0.311 e. The van der Waals surface area contributed by atoms with Gasteiger partial charge in [0, 0.05) is 18.3 Å². The van der Waals surface area contributed by atoms with Gasteiger partial charge in [-0.25, -0.2) is 4.98 Å². The Morgan fingerprint density at radius 3 is 2.60 bits per heavy atom. The van der Waals surface area contributed by atoms with E-state index in [4.69, 9.17) is 0 Å². The predicted molar refractivity (Wildman–Crippen MR) is 76.8 cm³/mol. The average molecular weight is 279 g/mol. The zero-order valence-corrected chi connectivity index (χ0v) is 11.8. The van der Waals surface area contributed by atoms with Gasteiger partial charge in [-0.3, -0.25) is 10.1 Å². The van der Waals surface area contributed by atoms with Gasteiger partial charge in [0.2, 0.25) is 5.82 Å². The van der Waals surface area contributed by atoms with Gasteiger partial charge in [0.15, 0.2) is 0 Å². The molecule has 110 valence electrons. The molecule has 0 atom stereocenters. The molecule has 1 heterocycles. The summed E-state index contributed by atoms with van der Waals surface area (Å²) < 4.78 is 0. The minimum atomic E-state index is -0.782. The fourth-order valence-electron chi connectivity index (χ4n) is 2.64. The number of pyridine rings is 1. The first-order valence-corrected chi connectivity index (χ1v) is 7.08. The summed E-state index contributed by atoms with van der Waals surface area (Å²) in [6, 6.07) is 3.06. The van der Waals surface area contributed by atoms with Crippen LogP contribution in [0.1, 0.15) is 44.2 Å². The van der Waals surface area contributed by atoms with Crippen LogP contribution in [-0.2, 0) is 0 Å². The van der Waals surface area contributed by atoms with Crippen molar-refractivity contribution in [1.29, 1.82) is 0 Å². The zero-order valence-electron chi connectivity index (χ0n) is 11.8. The minimum Gasteiger partial charge on any atom is -0.388 e. The van der Waals surface area contributed by atoms with Crippen LogP contribution in [0.5, 0.6) is 0 Å². The highest BCUT2D eigenvalue weighted by Gasteiger charge is 2.28. The Morgan fingerprint density at radius 1 is 1.35 bits per heavy atom. The maximum atomic E-state index is 11.0. The van der Waals surface area contributed by atoms with E-state index in [9.17, 15) is 15.2 Å². The van der Waals surface area contributed by atoms with E-state index in [1.54, 1.807) is 13.0 Å². The molecule has 1 aliphatic carbocycles. The molecule has 0 saturated heterocycles. The van der Waals surface area contributed by atoms with E-state index in [2.05, 4.69) is 10.3 Å². The van der Waals surface area contributed by atoms with Crippen molar-refractivity contribution >= 4 is 11.5 Å². The van der Waals surface area contributed by atoms with E-state index >= 15 is 0 Å². The molecule has 1 aromatic rings. The molecule has 1 aliphatic rings. The van der Waals surface area contributed by atoms with E-state index in [-0.39, 0.29) is 11.5 Å². The van der Waals surface area contributed by atoms with Crippen LogP contribution < -0.4 is 5.32 Å². The Bertz CT molecular complexity index is 483. The molecule has 6 nitrogen and oxygen atoms in total. The monoisotopic (exact) mass is 279 g/mol. The molecule has 0 aromatic carbocycles. The lowest BCUT2D eigenvalue weighted by Gasteiger charge is -2.27. The number of aliphatic hydroxyl groups is 1. The van der Waals surface area contributed by atoms with Gasteiger partial charge < -0.3 is 10.4 Å². The molecule has 1 fully saturated rings. The highest BCUT2D eigenvalue weighted by atomic mass is 16.6.